The molecule has 0 saturated heterocycles. The summed E-state index contributed by atoms with van der Waals surface area (Å²) in [6.45, 7) is 6.16. The zero-order valence-corrected chi connectivity index (χ0v) is 6.55. The van der Waals surface area contributed by atoms with Gasteiger partial charge in [0.05, 0.1) is 0 Å². The first kappa shape index (κ1) is 7.19. The second kappa shape index (κ2) is 2.78. The molecule has 0 aromatic carbocycles. The van der Waals surface area contributed by atoms with Crippen LogP contribution in [0, 0.1) is 13.3 Å². The van der Waals surface area contributed by atoms with Gasteiger partial charge in [-0.15, -0.1) is 0 Å². The maximum atomic E-state index is 4.00. The Kier molecular flexibility index (Phi) is 2.00. The Morgan fingerprint density at radius 2 is 2.10 bits per heavy atom. The van der Waals surface area contributed by atoms with E-state index in [1.165, 1.54) is 0 Å². The van der Waals surface area contributed by atoms with Gasteiger partial charge in [0.25, 0.3) is 0 Å². The summed E-state index contributed by atoms with van der Waals surface area (Å²) in [5.41, 5.74) is 2.05. The Morgan fingerprint density at radius 1 is 1.40 bits per heavy atom. The SMILES string of the molecule is Cc1cc(C(C)C)n[c]n1. The van der Waals surface area contributed by atoms with Crippen LogP contribution in [0.5, 0.6) is 0 Å². The molecule has 0 fully saturated rings. The Labute approximate surface area is 61.3 Å². The molecule has 2 heteroatoms. The summed E-state index contributed by atoms with van der Waals surface area (Å²) < 4.78 is 0. The monoisotopic (exact) mass is 135 g/mol. The summed E-state index contributed by atoms with van der Waals surface area (Å²) in [7, 11) is 0. The van der Waals surface area contributed by atoms with E-state index in [1.807, 2.05) is 13.0 Å². The predicted octanol–water partition coefficient (Wildman–Crippen LogP) is 1.71. The van der Waals surface area contributed by atoms with Gasteiger partial charge in [-0.2, -0.15) is 0 Å². The lowest BCUT2D eigenvalue weighted by Crippen LogP contribution is -1.94. The molecule has 0 aliphatic rings. The first-order chi connectivity index (χ1) is 4.70. The summed E-state index contributed by atoms with van der Waals surface area (Å²) in [4.78, 5) is 7.89. The normalized spacial score (nSPS) is 10.4. The molecule has 1 heterocycles. The summed E-state index contributed by atoms with van der Waals surface area (Å²) in [5, 5.41) is 0. The molecule has 2 nitrogen and oxygen atoms in total. The second-order valence-electron chi connectivity index (χ2n) is 2.69. The number of rotatable bonds is 1. The number of hydrogen-bond donors (Lipinski definition) is 0. The zero-order valence-electron chi connectivity index (χ0n) is 6.55. The second-order valence-corrected chi connectivity index (χ2v) is 2.69. The Morgan fingerprint density at radius 3 is 2.50 bits per heavy atom. The maximum absolute atomic E-state index is 4.00. The van der Waals surface area contributed by atoms with Crippen LogP contribution in [0.1, 0.15) is 31.2 Å². The van der Waals surface area contributed by atoms with Gasteiger partial charge in [-0.05, 0) is 18.9 Å². The van der Waals surface area contributed by atoms with Crippen LogP contribution in [-0.2, 0) is 0 Å². The molecule has 0 unspecified atom stereocenters. The van der Waals surface area contributed by atoms with Gasteiger partial charge in [0.1, 0.15) is 0 Å². The summed E-state index contributed by atoms with van der Waals surface area (Å²) in [6, 6.07) is 1.99. The molecule has 0 bridgehead atoms. The van der Waals surface area contributed by atoms with Crippen molar-refractivity contribution in [3.63, 3.8) is 0 Å². The zero-order chi connectivity index (χ0) is 7.56. The highest BCUT2D eigenvalue weighted by atomic mass is 14.8. The Bertz CT molecular complexity index is 218. The van der Waals surface area contributed by atoms with Crippen molar-refractivity contribution in [1.82, 2.24) is 9.97 Å². The van der Waals surface area contributed by atoms with Crippen LogP contribution in [0.2, 0.25) is 0 Å². The minimum Gasteiger partial charge on any atom is -0.231 e. The van der Waals surface area contributed by atoms with Crippen LogP contribution in [-0.4, -0.2) is 9.97 Å². The van der Waals surface area contributed by atoms with Crippen molar-refractivity contribution in [1.29, 1.82) is 0 Å². The van der Waals surface area contributed by atoms with Gasteiger partial charge in [-0.1, -0.05) is 13.8 Å². The van der Waals surface area contributed by atoms with Crippen molar-refractivity contribution >= 4 is 0 Å². The third-order valence-electron chi connectivity index (χ3n) is 1.35. The lowest BCUT2D eigenvalue weighted by molar-refractivity contribution is 0.806. The van der Waals surface area contributed by atoms with E-state index in [4.69, 9.17) is 0 Å². The molecule has 0 amide bonds. The van der Waals surface area contributed by atoms with E-state index in [-0.39, 0.29) is 0 Å². The van der Waals surface area contributed by atoms with Gasteiger partial charge in [-0.3, -0.25) is 0 Å². The van der Waals surface area contributed by atoms with Crippen molar-refractivity contribution in [2.24, 2.45) is 0 Å². The Balaban J connectivity index is 2.96. The van der Waals surface area contributed by atoms with Gasteiger partial charge in [-0.25, -0.2) is 9.97 Å². The molecule has 10 heavy (non-hydrogen) atoms. The van der Waals surface area contributed by atoms with E-state index < -0.39 is 0 Å². The van der Waals surface area contributed by atoms with Gasteiger partial charge in [0.15, 0.2) is 6.33 Å². The standard InChI is InChI=1S/C8H11N2/c1-6(2)8-4-7(3)9-5-10-8/h4,6H,1-3H3. The molecular formula is C8H11N2. The van der Waals surface area contributed by atoms with Crippen LogP contribution in [0.4, 0.5) is 0 Å². The Hall–Kier alpha value is -0.920. The minimum absolute atomic E-state index is 0.470. The van der Waals surface area contributed by atoms with Crippen molar-refractivity contribution in [2.75, 3.05) is 0 Å². The highest BCUT2D eigenvalue weighted by Crippen LogP contribution is 2.09. The fraction of sp³-hybridized carbons (Fsp3) is 0.500. The molecule has 1 aromatic heterocycles. The molecule has 0 aliphatic heterocycles. The molecule has 53 valence electrons. The van der Waals surface area contributed by atoms with Crippen LogP contribution in [0.25, 0.3) is 0 Å². The highest BCUT2D eigenvalue weighted by Gasteiger charge is 1.99. The van der Waals surface area contributed by atoms with Gasteiger partial charge in [0.2, 0.25) is 0 Å². The smallest absolute Gasteiger partial charge is 0.198 e. The van der Waals surface area contributed by atoms with E-state index in [0.29, 0.717) is 5.92 Å². The molecule has 0 saturated carbocycles. The maximum Gasteiger partial charge on any atom is 0.198 e. The topological polar surface area (TPSA) is 25.8 Å². The van der Waals surface area contributed by atoms with Gasteiger partial charge < -0.3 is 0 Å². The van der Waals surface area contributed by atoms with E-state index in [2.05, 4.69) is 30.1 Å². The van der Waals surface area contributed by atoms with E-state index >= 15 is 0 Å². The summed E-state index contributed by atoms with van der Waals surface area (Å²) in [6.07, 6.45) is 2.61. The highest BCUT2D eigenvalue weighted by molar-refractivity contribution is 5.09. The number of aromatic nitrogens is 2. The summed E-state index contributed by atoms with van der Waals surface area (Å²) >= 11 is 0. The lowest BCUT2D eigenvalue weighted by Gasteiger charge is -2.01. The molecular weight excluding hydrogens is 124 g/mol. The van der Waals surface area contributed by atoms with E-state index in [1.54, 1.807) is 0 Å². The fourth-order valence-electron chi connectivity index (χ4n) is 0.736. The third kappa shape index (κ3) is 1.53. The number of nitrogens with zero attached hydrogens (tertiary/aromatic N) is 2. The molecule has 0 spiro atoms. The number of aryl methyl sites for hydroxylation is 1. The molecule has 0 atom stereocenters. The third-order valence-corrected chi connectivity index (χ3v) is 1.35. The van der Waals surface area contributed by atoms with Crippen molar-refractivity contribution < 1.29 is 0 Å². The van der Waals surface area contributed by atoms with Crippen molar-refractivity contribution in [2.45, 2.75) is 26.7 Å². The van der Waals surface area contributed by atoms with Gasteiger partial charge in [0, 0.05) is 11.4 Å². The van der Waals surface area contributed by atoms with Crippen molar-refractivity contribution in [3.8, 4) is 0 Å². The fourth-order valence-corrected chi connectivity index (χ4v) is 0.736. The largest absolute Gasteiger partial charge is 0.231 e. The quantitative estimate of drug-likeness (QED) is 0.585. The predicted molar refractivity (Wildman–Crippen MR) is 39.7 cm³/mol. The first-order valence-electron chi connectivity index (χ1n) is 3.42. The lowest BCUT2D eigenvalue weighted by atomic mass is 10.1. The van der Waals surface area contributed by atoms with E-state index in [0.717, 1.165) is 11.4 Å². The van der Waals surface area contributed by atoms with E-state index in [9.17, 15) is 0 Å². The number of hydrogen-bond acceptors (Lipinski definition) is 2. The molecule has 0 aliphatic carbocycles. The average Bonchev–Trinajstić information content (AvgIpc) is 1.88. The van der Waals surface area contributed by atoms with Gasteiger partial charge >= 0.3 is 0 Å². The molecule has 1 rings (SSSR count). The first-order valence-corrected chi connectivity index (χ1v) is 3.42. The molecule has 1 aromatic rings. The minimum atomic E-state index is 0.470. The molecule has 1 radical (unpaired) electrons. The van der Waals surface area contributed by atoms with Crippen LogP contribution < -0.4 is 0 Å². The molecule has 0 N–H and O–H groups in total. The van der Waals surface area contributed by atoms with Crippen LogP contribution in [0.3, 0.4) is 0 Å². The van der Waals surface area contributed by atoms with Crippen molar-refractivity contribution in [3.05, 3.63) is 23.8 Å². The summed E-state index contributed by atoms with van der Waals surface area (Å²) in [5.74, 6) is 0.470. The average molecular weight is 135 g/mol. The van der Waals surface area contributed by atoms with Crippen LogP contribution in [0.15, 0.2) is 6.07 Å². The van der Waals surface area contributed by atoms with Crippen LogP contribution >= 0.6 is 0 Å².